The van der Waals surface area contributed by atoms with Crippen molar-refractivity contribution in [3.63, 3.8) is 0 Å². The quantitative estimate of drug-likeness (QED) is 0.129. The fraction of sp³-hybridized carbons (Fsp3) is 0.182. The second-order valence-electron chi connectivity index (χ2n) is 8.21. The van der Waals surface area contributed by atoms with Crippen molar-refractivity contribution in [3.05, 3.63) is 103 Å². The van der Waals surface area contributed by atoms with Crippen LogP contribution in [0.15, 0.2) is 87.5 Å². The molecule has 0 spiro atoms. The summed E-state index contributed by atoms with van der Waals surface area (Å²) in [5.41, 5.74) is -1.19. The third-order valence-electron chi connectivity index (χ3n) is 5.52. The van der Waals surface area contributed by atoms with Crippen molar-refractivity contribution >= 4 is 47.3 Å². The SMILES string of the molecule is O=[N+]([O-])c1ccc(S(=O)(=O)OCCN(CCOS(=O)(=O)c2ccc([N+](=O)[O-])cc2)S(=O)(=O)c2ccc([N+](=O)[O-])cc2)cc1. The monoisotopic (exact) mass is 660 g/mol. The molecular formula is C22H20N4O14S3. The van der Waals surface area contributed by atoms with Crippen LogP contribution in [0.25, 0.3) is 0 Å². The Labute approximate surface area is 243 Å². The van der Waals surface area contributed by atoms with Gasteiger partial charge < -0.3 is 0 Å². The topological polar surface area (TPSA) is 254 Å². The van der Waals surface area contributed by atoms with Crippen LogP contribution >= 0.6 is 0 Å². The predicted octanol–water partition coefficient (Wildman–Crippen LogP) is 2.21. The van der Waals surface area contributed by atoms with Gasteiger partial charge in [-0.2, -0.15) is 21.1 Å². The molecule has 0 bridgehead atoms. The van der Waals surface area contributed by atoms with Crippen LogP contribution in [0.4, 0.5) is 17.1 Å². The Morgan fingerprint density at radius 3 is 1.07 bits per heavy atom. The van der Waals surface area contributed by atoms with E-state index in [2.05, 4.69) is 0 Å². The highest BCUT2D eigenvalue weighted by molar-refractivity contribution is 7.89. The predicted molar refractivity (Wildman–Crippen MR) is 144 cm³/mol. The first-order valence-corrected chi connectivity index (χ1v) is 15.8. The fourth-order valence-corrected chi connectivity index (χ4v) is 6.55. The van der Waals surface area contributed by atoms with E-state index in [1.54, 1.807) is 0 Å². The molecule has 0 radical (unpaired) electrons. The number of non-ortho nitro benzene ring substituents is 3. The normalized spacial score (nSPS) is 12.2. The second kappa shape index (κ2) is 13.3. The van der Waals surface area contributed by atoms with Crippen LogP contribution in [0, 0.1) is 30.3 Å². The first kappa shape index (κ1) is 33.1. The van der Waals surface area contributed by atoms with Gasteiger partial charge in [-0.1, -0.05) is 0 Å². The Hall–Kier alpha value is -4.41. The number of nitro groups is 3. The minimum absolute atomic E-state index is 0.386. The van der Waals surface area contributed by atoms with E-state index in [9.17, 15) is 55.6 Å². The van der Waals surface area contributed by atoms with E-state index in [1.807, 2.05) is 0 Å². The van der Waals surface area contributed by atoms with Gasteiger partial charge in [-0.15, -0.1) is 0 Å². The van der Waals surface area contributed by atoms with Gasteiger partial charge in [-0.25, -0.2) is 8.42 Å². The van der Waals surface area contributed by atoms with Crippen molar-refractivity contribution in [2.75, 3.05) is 26.3 Å². The van der Waals surface area contributed by atoms with E-state index in [4.69, 9.17) is 8.37 Å². The average molecular weight is 661 g/mol. The van der Waals surface area contributed by atoms with E-state index < -0.39 is 91.7 Å². The Bertz CT molecular complexity index is 1730. The van der Waals surface area contributed by atoms with Crippen molar-refractivity contribution in [1.29, 1.82) is 0 Å². The van der Waals surface area contributed by atoms with Gasteiger partial charge in [-0.05, 0) is 36.4 Å². The molecular weight excluding hydrogens is 640 g/mol. The summed E-state index contributed by atoms with van der Waals surface area (Å²) >= 11 is 0. The van der Waals surface area contributed by atoms with Crippen LogP contribution in [0.2, 0.25) is 0 Å². The molecule has 3 aromatic carbocycles. The number of nitro benzene ring substituents is 3. The molecule has 230 valence electrons. The summed E-state index contributed by atoms with van der Waals surface area (Å²) in [7, 11) is -13.5. The Balaban J connectivity index is 1.78. The van der Waals surface area contributed by atoms with Crippen LogP contribution < -0.4 is 0 Å². The molecule has 0 aliphatic carbocycles. The van der Waals surface area contributed by atoms with Crippen molar-refractivity contribution < 1.29 is 48.4 Å². The summed E-state index contributed by atoms with van der Waals surface area (Å²) in [5.74, 6) is 0. The Kier molecular flexibility index (Phi) is 10.2. The van der Waals surface area contributed by atoms with Crippen molar-refractivity contribution in [1.82, 2.24) is 4.31 Å². The standard InChI is InChI=1S/C22H20N4O14S3/c27-24(28)17-1-7-20(8-2-17)41(33,34)23(13-15-39-42(35,36)21-9-3-18(4-10-21)25(29)30)14-16-40-43(37,38)22-11-5-19(6-12-22)26(31)32/h1-12H,13-16H2. The van der Waals surface area contributed by atoms with Gasteiger partial charge in [0.2, 0.25) is 10.0 Å². The zero-order valence-electron chi connectivity index (χ0n) is 21.5. The summed E-state index contributed by atoms with van der Waals surface area (Å²) in [6.07, 6.45) is 0. The summed E-state index contributed by atoms with van der Waals surface area (Å²) in [5, 5.41) is 32.5. The number of benzene rings is 3. The van der Waals surface area contributed by atoms with Crippen molar-refractivity contribution in [3.8, 4) is 0 Å². The van der Waals surface area contributed by atoms with Crippen LogP contribution in [-0.2, 0) is 38.6 Å². The second-order valence-corrected chi connectivity index (χ2v) is 13.4. The molecule has 0 N–H and O–H groups in total. The summed E-state index contributed by atoms with van der Waals surface area (Å²) < 4.78 is 87.0. The van der Waals surface area contributed by atoms with Crippen LogP contribution in [0.5, 0.6) is 0 Å². The van der Waals surface area contributed by atoms with Crippen molar-refractivity contribution in [2.45, 2.75) is 14.7 Å². The van der Waals surface area contributed by atoms with E-state index in [0.29, 0.717) is 4.31 Å². The zero-order valence-corrected chi connectivity index (χ0v) is 23.9. The highest BCUT2D eigenvalue weighted by Gasteiger charge is 2.27. The first-order chi connectivity index (χ1) is 20.0. The molecule has 0 atom stereocenters. The van der Waals surface area contributed by atoms with E-state index in [1.165, 1.54) is 0 Å². The van der Waals surface area contributed by atoms with Crippen molar-refractivity contribution in [2.24, 2.45) is 0 Å². The lowest BCUT2D eigenvalue weighted by atomic mass is 10.3. The van der Waals surface area contributed by atoms with Gasteiger partial charge in [0.15, 0.2) is 0 Å². The maximum absolute atomic E-state index is 13.3. The molecule has 0 amide bonds. The highest BCUT2D eigenvalue weighted by Crippen LogP contribution is 2.22. The molecule has 0 aliphatic rings. The molecule has 21 heteroatoms. The fourth-order valence-electron chi connectivity index (χ4n) is 3.34. The van der Waals surface area contributed by atoms with E-state index in [-0.39, 0.29) is 11.4 Å². The number of hydrogen-bond acceptors (Lipinski definition) is 14. The van der Waals surface area contributed by atoms with Crippen LogP contribution in [-0.4, -0.2) is 70.6 Å². The molecule has 0 saturated heterocycles. The van der Waals surface area contributed by atoms with Gasteiger partial charge in [0.05, 0.1) is 42.7 Å². The average Bonchev–Trinajstić information content (AvgIpc) is 2.96. The third kappa shape index (κ3) is 8.33. The smallest absolute Gasteiger partial charge is 0.265 e. The molecule has 0 aliphatic heterocycles. The molecule has 43 heavy (non-hydrogen) atoms. The summed E-state index contributed by atoms with van der Waals surface area (Å²) in [4.78, 5) is 28.9. The first-order valence-electron chi connectivity index (χ1n) is 11.6. The van der Waals surface area contributed by atoms with Gasteiger partial charge in [-0.3, -0.25) is 38.7 Å². The summed E-state index contributed by atoms with van der Waals surface area (Å²) in [6.45, 7) is -2.93. The molecule has 0 unspecified atom stereocenters. The van der Waals surface area contributed by atoms with Gasteiger partial charge in [0, 0.05) is 49.5 Å². The van der Waals surface area contributed by atoms with Gasteiger partial charge >= 0.3 is 0 Å². The zero-order chi connectivity index (χ0) is 32.0. The number of rotatable bonds is 15. The van der Waals surface area contributed by atoms with Gasteiger partial charge in [0.25, 0.3) is 37.3 Å². The minimum atomic E-state index is -4.53. The Morgan fingerprint density at radius 2 is 0.791 bits per heavy atom. The van der Waals surface area contributed by atoms with Crippen LogP contribution in [0.3, 0.4) is 0 Å². The summed E-state index contributed by atoms with van der Waals surface area (Å²) in [6, 6.07) is 11.0. The molecule has 0 heterocycles. The molecule has 0 fully saturated rings. The Morgan fingerprint density at radius 1 is 0.512 bits per heavy atom. The largest absolute Gasteiger partial charge is 0.297 e. The molecule has 3 aromatic rings. The number of hydrogen-bond donors (Lipinski definition) is 0. The van der Waals surface area contributed by atoms with Gasteiger partial charge in [0.1, 0.15) is 0 Å². The maximum atomic E-state index is 13.3. The molecule has 3 rings (SSSR count). The molecule has 0 saturated carbocycles. The van der Waals surface area contributed by atoms with Crippen LogP contribution in [0.1, 0.15) is 0 Å². The lowest BCUT2D eigenvalue weighted by molar-refractivity contribution is -0.385. The minimum Gasteiger partial charge on any atom is -0.265 e. The molecule has 0 aromatic heterocycles. The molecule has 18 nitrogen and oxygen atoms in total. The number of nitrogens with zero attached hydrogens (tertiary/aromatic N) is 4. The van der Waals surface area contributed by atoms with E-state index in [0.717, 1.165) is 72.8 Å². The lowest BCUT2D eigenvalue weighted by Gasteiger charge is -2.22. The maximum Gasteiger partial charge on any atom is 0.297 e. The lowest BCUT2D eigenvalue weighted by Crippen LogP contribution is -2.37. The number of sulfonamides is 1. The third-order valence-corrected chi connectivity index (χ3v) is 10.1. The highest BCUT2D eigenvalue weighted by atomic mass is 32.2. The van der Waals surface area contributed by atoms with E-state index >= 15 is 0 Å².